The summed E-state index contributed by atoms with van der Waals surface area (Å²) in [6.45, 7) is 0.214. The second kappa shape index (κ2) is 7.79. The van der Waals surface area contributed by atoms with Crippen molar-refractivity contribution < 1.29 is 23.4 Å². The van der Waals surface area contributed by atoms with Crippen LogP contribution in [0.15, 0.2) is 46.9 Å². The summed E-state index contributed by atoms with van der Waals surface area (Å²) in [4.78, 5) is 11.8. The number of rotatable bonds is 6. The van der Waals surface area contributed by atoms with E-state index in [0.29, 0.717) is 11.5 Å². The highest BCUT2D eigenvalue weighted by Gasteiger charge is 2.13. The van der Waals surface area contributed by atoms with Crippen molar-refractivity contribution in [3.63, 3.8) is 0 Å². The molecule has 0 saturated heterocycles. The Morgan fingerprint density at radius 2 is 1.77 bits per heavy atom. The zero-order chi connectivity index (χ0) is 15.9. The molecule has 2 aromatic carbocycles. The molecule has 0 aromatic heterocycles. The van der Waals surface area contributed by atoms with Gasteiger partial charge in [0, 0.05) is 10.5 Å². The summed E-state index contributed by atoms with van der Waals surface area (Å²) in [5.41, 5.74) is -0.135. The molecule has 2 rings (SSSR count). The Hall–Kier alpha value is -2.08. The van der Waals surface area contributed by atoms with E-state index in [9.17, 15) is 9.18 Å². The third-order valence-corrected chi connectivity index (χ3v) is 3.32. The molecule has 0 heterocycles. The molecule has 0 atom stereocenters. The number of halogens is 2. The van der Waals surface area contributed by atoms with Crippen LogP contribution in [0.25, 0.3) is 0 Å². The van der Waals surface area contributed by atoms with Gasteiger partial charge in [0.15, 0.2) is 0 Å². The lowest BCUT2D eigenvalue weighted by Gasteiger charge is -2.08. The summed E-state index contributed by atoms with van der Waals surface area (Å²) < 4.78 is 29.9. The average Bonchev–Trinajstić information content (AvgIpc) is 2.52. The molecule has 4 nitrogen and oxygen atoms in total. The standard InChI is InChI=1S/C16H14BrFO4/c1-20-13-6-7-14(15(18)10-13)16(19)22-9-8-21-12-4-2-11(17)3-5-12/h2-7,10H,8-9H2,1H3. The van der Waals surface area contributed by atoms with E-state index in [2.05, 4.69) is 15.9 Å². The van der Waals surface area contributed by atoms with Crippen LogP contribution in [0.2, 0.25) is 0 Å². The number of hydrogen-bond acceptors (Lipinski definition) is 4. The van der Waals surface area contributed by atoms with Crippen LogP contribution in [-0.4, -0.2) is 26.3 Å². The third kappa shape index (κ3) is 4.46. The largest absolute Gasteiger partial charge is 0.497 e. The van der Waals surface area contributed by atoms with E-state index in [1.165, 1.54) is 19.2 Å². The van der Waals surface area contributed by atoms with Crippen molar-refractivity contribution >= 4 is 21.9 Å². The first-order chi connectivity index (χ1) is 10.6. The number of esters is 1. The second-order valence-electron chi connectivity index (χ2n) is 4.28. The summed E-state index contributed by atoms with van der Waals surface area (Å²) in [7, 11) is 1.42. The Balaban J connectivity index is 1.81. The molecule has 0 unspecified atom stereocenters. The van der Waals surface area contributed by atoms with Crippen molar-refractivity contribution in [2.75, 3.05) is 20.3 Å². The molecule has 0 aliphatic heterocycles. The first-order valence-electron chi connectivity index (χ1n) is 6.49. The monoisotopic (exact) mass is 368 g/mol. The van der Waals surface area contributed by atoms with Crippen LogP contribution in [0.4, 0.5) is 4.39 Å². The molecule has 0 bridgehead atoms. The van der Waals surface area contributed by atoms with Crippen molar-refractivity contribution in [3.05, 3.63) is 58.3 Å². The van der Waals surface area contributed by atoms with E-state index in [0.717, 1.165) is 10.5 Å². The Morgan fingerprint density at radius 1 is 1.09 bits per heavy atom. The van der Waals surface area contributed by atoms with Gasteiger partial charge in [-0.3, -0.25) is 0 Å². The number of benzene rings is 2. The SMILES string of the molecule is COc1ccc(C(=O)OCCOc2ccc(Br)cc2)c(F)c1. The molecule has 0 N–H and O–H groups in total. The smallest absolute Gasteiger partial charge is 0.341 e. The number of methoxy groups -OCH3 is 1. The first-order valence-corrected chi connectivity index (χ1v) is 7.28. The molecule has 0 saturated carbocycles. The summed E-state index contributed by atoms with van der Waals surface area (Å²) in [5.74, 6) is -0.416. The van der Waals surface area contributed by atoms with E-state index < -0.39 is 11.8 Å². The first kappa shape index (κ1) is 16.3. The minimum absolute atomic E-state index is 0.0281. The minimum atomic E-state index is -0.737. The van der Waals surface area contributed by atoms with Crippen LogP contribution >= 0.6 is 15.9 Å². The molecular weight excluding hydrogens is 355 g/mol. The fraction of sp³-hybridized carbons (Fsp3) is 0.188. The molecule has 6 heteroatoms. The van der Waals surface area contributed by atoms with Gasteiger partial charge in [0.1, 0.15) is 30.5 Å². The van der Waals surface area contributed by atoms with Gasteiger partial charge < -0.3 is 14.2 Å². The maximum Gasteiger partial charge on any atom is 0.341 e. The Bertz CT molecular complexity index is 643. The van der Waals surface area contributed by atoms with Gasteiger partial charge in [0.2, 0.25) is 0 Å². The highest BCUT2D eigenvalue weighted by Crippen LogP contribution is 2.17. The molecule has 22 heavy (non-hydrogen) atoms. The van der Waals surface area contributed by atoms with Crippen molar-refractivity contribution in [2.45, 2.75) is 0 Å². The summed E-state index contributed by atoms with van der Waals surface area (Å²) in [5, 5.41) is 0. The van der Waals surface area contributed by atoms with Gasteiger partial charge in [-0.15, -0.1) is 0 Å². The quantitative estimate of drug-likeness (QED) is 0.574. The normalized spacial score (nSPS) is 10.1. The summed E-state index contributed by atoms with van der Waals surface area (Å²) in [6, 6.07) is 11.2. The summed E-state index contributed by atoms with van der Waals surface area (Å²) in [6.07, 6.45) is 0. The molecule has 0 spiro atoms. The fourth-order valence-corrected chi connectivity index (χ4v) is 1.96. The van der Waals surface area contributed by atoms with Crippen molar-refractivity contribution in [1.82, 2.24) is 0 Å². The number of carbonyl (C=O) groups excluding carboxylic acids is 1. The fourth-order valence-electron chi connectivity index (χ4n) is 1.69. The maximum atomic E-state index is 13.7. The third-order valence-electron chi connectivity index (χ3n) is 2.80. The van der Waals surface area contributed by atoms with Crippen LogP contribution < -0.4 is 9.47 Å². The zero-order valence-electron chi connectivity index (χ0n) is 11.8. The average molecular weight is 369 g/mol. The van der Waals surface area contributed by atoms with Crippen LogP contribution in [0.5, 0.6) is 11.5 Å². The number of carbonyl (C=O) groups is 1. The Kier molecular flexibility index (Phi) is 5.77. The van der Waals surface area contributed by atoms with Gasteiger partial charge in [0.25, 0.3) is 0 Å². The van der Waals surface area contributed by atoms with Crippen LogP contribution in [0, 0.1) is 5.82 Å². The van der Waals surface area contributed by atoms with E-state index in [4.69, 9.17) is 14.2 Å². The van der Waals surface area contributed by atoms with E-state index in [1.54, 1.807) is 12.1 Å². The van der Waals surface area contributed by atoms with Crippen molar-refractivity contribution in [1.29, 1.82) is 0 Å². The van der Waals surface area contributed by atoms with E-state index >= 15 is 0 Å². The Labute approximate surface area is 135 Å². The molecular formula is C16H14BrFO4. The topological polar surface area (TPSA) is 44.8 Å². The number of ether oxygens (including phenoxy) is 3. The van der Waals surface area contributed by atoms with E-state index in [-0.39, 0.29) is 18.8 Å². The molecule has 0 aliphatic carbocycles. The van der Waals surface area contributed by atoms with Gasteiger partial charge in [-0.2, -0.15) is 0 Å². The minimum Gasteiger partial charge on any atom is -0.497 e. The molecule has 0 amide bonds. The lowest BCUT2D eigenvalue weighted by atomic mass is 10.2. The second-order valence-corrected chi connectivity index (χ2v) is 5.20. The number of hydrogen-bond donors (Lipinski definition) is 0. The summed E-state index contributed by atoms with van der Waals surface area (Å²) >= 11 is 3.32. The van der Waals surface area contributed by atoms with Gasteiger partial charge in [-0.25, -0.2) is 9.18 Å². The van der Waals surface area contributed by atoms with Crippen LogP contribution in [0.3, 0.4) is 0 Å². The molecule has 0 fully saturated rings. The lowest BCUT2D eigenvalue weighted by molar-refractivity contribution is 0.0445. The van der Waals surface area contributed by atoms with Crippen LogP contribution in [-0.2, 0) is 4.74 Å². The van der Waals surface area contributed by atoms with Crippen molar-refractivity contribution in [3.8, 4) is 11.5 Å². The molecule has 0 radical (unpaired) electrons. The lowest BCUT2D eigenvalue weighted by Crippen LogP contribution is -2.13. The molecule has 0 aliphatic rings. The molecule has 2 aromatic rings. The van der Waals surface area contributed by atoms with Gasteiger partial charge in [-0.05, 0) is 36.4 Å². The van der Waals surface area contributed by atoms with E-state index in [1.807, 2.05) is 12.1 Å². The predicted octanol–water partition coefficient (Wildman–Crippen LogP) is 3.83. The predicted molar refractivity (Wildman–Crippen MR) is 82.9 cm³/mol. The highest BCUT2D eigenvalue weighted by atomic mass is 79.9. The van der Waals surface area contributed by atoms with Gasteiger partial charge in [0.05, 0.1) is 12.7 Å². The maximum absolute atomic E-state index is 13.7. The zero-order valence-corrected chi connectivity index (χ0v) is 13.4. The molecule has 116 valence electrons. The highest BCUT2D eigenvalue weighted by molar-refractivity contribution is 9.10. The Morgan fingerprint density at radius 3 is 2.41 bits per heavy atom. The van der Waals surface area contributed by atoms with Gasteiger partial charge >= 0.3 is 5.97 Å². The van der Waals surface area contributed by atoms with Crippen molar-refractivity contribution in [2.24, 2.45) is 0 Å². The van der Waals surface area contributed by atoms with Crippen LogP contribution in [0.1, 0.15) is 10.4 Å². The van der Waals surface area contributed by atoms with Gasteiger partial charge in [-0.1, -0.05) is 15.9 Å².